The van der Waals surface area contributed by atoms with Gasteiger partial charge in [0, 0.05) is 16.6 Å². The zero-order valence-corrected chi connectivity index (χ0v) is 18.7. The van der Waals surface area contributed by atoms with E-state index in [0.717, 1.165) is 34.3 Å². The maximum atomic E-state index is 12.2. The number of anilines is 1. The van der Waals surface area contributed by atoms with E-state index in [1.807, 2.05) is 37.3 Å². The number of benzene rings is 2. The lowest BCUT2D eigenvalue weighted by molar-refractivity contribution is -0.113. The molecule has 1 aromatic heterocycles. The average molecular weight is 476 g/mol. The Balaban J connectivity index is 1.41. The molecule has 0 aliphatic carbocycles. The largest absolute Gasteiger partial charge is 0.497 e. The number of carbonyl (C=O) groups is 1. The second-order valence-corrected chi connectivity index (χ2v) is 8.30. The standard InChI is InChI=1S/C21H22BrN3O3S/c1-14-12-16(22)8-11-18(14)23-19(26)13-29-21-25-24-20(28-21)5-3-4-15-6-9-17(27-2)10-7-15/h6-12H,3-5,13H2,1-2H3,(H,23,26). The van der Waals surface area contributed by atoms with Crippen LogP contribution in [0.5, 0.6) is 5.75 Å². The van der Waals surface area contributed by atoms with Gasteiger partial charge >= 0.3 is 0 Å². The zero-order valence-electron chi connectivity index (χ0n) is 16.3. The monoisotopic (exact) mass is 475 g/mol. The number of hydrogen-bond acceptors (Lipinski definition) is 6. The predicted molar refractivity (Wildman–Crippen MR) is 118 cm³/mol. The van der Waals surface area contributed by atoms with Crippen molar-refractivity contribution in [2.24, 2.45) is 0 Å². The predicted octanol–water partition coefficient (Wildman–Crippen LogP) is 5.06. The smallest absolute Gasteiger partial charge is 0.277 e. The Kier molecular flexibility index (Phi) is 7.71. The van der Waals surface area contributed by atoms with Crippen molar-refractivity contribution in [1.82, 2.24) is 10.2 Å². The molecule has 0 atom stereocenters. The van der Waals surface area contributed by atoms with E-state index in [1.165, 1.54) is 17.3 Å². The van der Waals surface area contributed by atoms with Crippen molar-refractivity contribution in [3.8, 4) is 5.75 Å². The Labute approximate surface area is 182 Å². The van der Waals surface area contributed by atoms with E-state index >= 15 is 0 Å². The molecule has 0 saturated carbocycles. The lowest BCUT2D eigenvalue weighted by atomic mass is 10.1. The van der Waals surface area contributed by atoms with Crippen LogP contribution in [0, 0.1) is 6.92 Å². The van der Waals surface area contributed by atoms with Crippen LogP contribution in [0.2, 0.25) is 0 Å². The first kappa shape index (κ1) is 21.4. The van der Waals surface area contributed by atoms with Crippen LogP contribution >= 0.6 is 27.7 Å². The Bertz CT molecular complexity index is 960. The Hall–Kier alpha value is -2.32. The number of thioether (sulfide) groups is 1. The molecule has 0 saturated heterocycles. The molecule has 6 nitrogen and oxygen atoms in total. The van der Waals surface area contributed by atoms with Gasteiger partial charge in [0.1, 0.15) is 5.75 Å². The van der Waals surface area contributed by atoms with E-state index in [-0.39, 0.29) is 11.7 Å². The number of carbonyl (C=O) groups excluding carboxylic acids is 1. The lowest BCUT2D eigenvalue weighted by Crippen LogP contribution is -2.14. The third-order valence-corrected chi connectivity index (χ3v) is 5.56. The molecule has 2 aromatic carbocycles. The maximum Gasteiger partial charge on any atom is 0.277 e. The van der Waals surface area contributed by atoms with E-state index in [9.17, 15) is 4.79 Å². The molecule has 0 aliphatic heterocycles. The molecule has 0 spiro atoms. The van der Waals surface area contributed by atoms with Crippen LogP contribution < -0.4 is 10.1 Å². The molecule has 1 amide bonds. The summed E-state index contributed by atoms with van der Waals surface area (Å²) in [5.41, 5.74) is 3.03. The summed E-state index contributed by atoms with van der Waals surface area (Å²) in [6, 6.07) is 13.7. The van der Waals surface area contributed by atoms with Gasteiger partial charge in [-0.3, -0.25) is 4.79 Å². The van der Waals surface area contributed by atoms with Crippen molar-refractivity contribution in [3.05, 3.63) is 64.0 Å². The van der Waals surface area contributed by atoms with E-state index in [4.69, 9.17) is 9.15 Å². The van der Waals surface area contributed by atoms with Crippen molar-refractivity contribution in [1.29, 1.82) is 0 Å². The van der Waals surface area contributed by atoms with Crippen molar-refractivity contribution >= 4 is 39.3 Å². The second kappa shape index (κ2) is 10.5. The number of methoxy groups -OCH3 is 1. The van der Waals surface area contributed by atoms with Crippen molar-refractivity contribution in [3.63, 3.8) is 0 Å². The van der Waals surface area contributed by atoms with Crippen LogP contribution in [0.15, 0.2) is 56.6 Å². The minimum absolute atomic E-state index is 0.111. The molecule has 0 unspecified atom stereocenters. The molecule has 3 rings (SSSR count). The number of nitrogens with zero attached hydrogens (tertiary/aromatic N) is 2. The summed E-state index contributed by atoms with van der Waals surface area (Å²) < 4.78 is 11.8. The number of ether oxygens (including phenoxy) is 1. The summed E-state index contributed by atoms with van der Waals surface area (Å²) in [7, 11) is 1.66. The zero-order chi connectivity index (χ0) is 20.6. The molecule has 1 N–H and O–H groups in total. The van der Waals surface area contributed by atoms with Gasteiger partial charge in [-0.25, -0.2) is 0 Å². The Morgan fingerprint density at radius 1 is 1.17 bits per heavy atom. The van der Waals surface area contributed by atoms with Crippen LogP contribution in [0.3, 0.4) is 0 Å². The minimum atomic E-state index is -0.111. The quantitative estimate of drug-likeness (QED) is 0.436. The fourth-order valence-corrected chi connectivity index (χ4v) is 3.77. The number of aromatic nitrogens is 2. The summed E-state index contributed by atoms with van der Waals surface area (Å²) >= 11 is 4.65. The normalized spacial score (nSPS) is 10.7. The molecule has 1 heterocycles. The fraction of sp³-hybridized carbons (Fsp3) is 0.286. The molecule has 0 fully saturated rings. The minimum Gasteiger partial charge on any atom is -0.497 e. The van der Waals surface area contributed by atoms with Gasteiger partial charge in [0.2, 0.25) is 11.8 Å². The molecule has 152 valence electrons. The first-order valence-corrected chi connectivity index (χ1v) is 11.0. The molecule has 8 heteroatoms. The SMILES string of the molecule is COc1ccc(CCCc2nnc(SCC(=O)Nc3ccc(Br)cc3C)o2)cc1. The number of hydrogen-bond donors (Lipinski definition) is 1. The van der Waals surface area contributed by atoms with Gasteiger partial charge in [0.05, 0.1) is 12.9 Å². The highest BCUT2D eigenvalue weighted by Crippen LogP contribution is 2.22. The first-order chi connectivity index (χ1) is 14.0. The van der Waals surface area contributed by atoms with Crippen LogP contribution in [-0.2, 0) is 17.6 Å². The van der Waals surface area contributed by atoms with Crippen LogP contribution in [-0.4, -0.2) is 29.0 Å². The molecule has 0 radical (unpaired) electrons. The molecule has 29 heavy (non-hydrogen) atoms. The summed E-state index contributed by atoms with van der Waals surface area (Å²) in [6.45, 7) is 1.95. The summed E-state index contributed by atoms with van der Waals surface area (Å²) in [4.78, 5) is 12.2. The number of nitrogens with one attached hydrogen (secondary N) is 1. The second-order valence-electron chi connectivity index (χ2n) is 6.46. The van der Waals surface area contributed by atoms with Crippen molar-refractivity contribution in [2.45, 2.75) is 31.4 Å². The van der Waals surface area contributed by atoms with Gasteiger partial charge in [-0.2, -0.15) is 0 Å². The molecular weight excluding hydrogens is 454 g/mol. The number of aryl methyl sites for hydroxylation is 3. The molecule has 3 aromatic rings. The highest BCUT2D eigenvalue weighted by molar-refractivity contribution is 9.10. The first-order valence-electron chi connectivity index (χ1n) is 9.17. The molecule has 0 bridgehead atoms. The number of amides is 1. The molecular formula is C21H22BrN3O3S. The number of rotatable bonds is 9. The van der Waals surface area contributed by atoms with Crippen LogP contribution in [0.25, 0.3) is 0 Å². The number of halogens is 1. The molecule has 0 aliphatic rings. The van der Waals surface area contributed by atoms with E-state index in [1.54, 1.807) is 7.11 Å². The van der Waals surface area contributed by atoms with Crippen molar-refractivity contribution in [2.75, 3.05) is 18.2 Å². The lowest BCUT2D eigenvalue weighted by Gasteiger charge is -2.07. The van der Waals surface area contributed by atoms with Gasteiger partial charge in [-0.15, -0.1) is 10.2 Å². The highest BCUT2D eigenvalue weighted by Gasteiger charge is 2.11. The van der Waals surface area contributed by atoms with E-state index in [2.05, 4.69) is 43.6 Å². The van der Waals surface area contributed by atoms with Crippen LogP contribution in [0.1, 0.15) is 23.4 Å². The topological polar surface area (TPSA) is 77.2 Å². The third kappa shape index (κ3) is 6.61. The van der Waals surface area contributed by atoms with Gasteiger partial charge in [0.25, 0.3) is 5.22 Å². The Morgan fingerprint density at radius 3 is 2.69 bits per heavy atom. The summed E-state index contributed by atoms with van der Waals surface area (Å²) in [6.07, 6.45) is 2.52. The van der Waals surface area contributed by atoms with Gasteiger partial charge in [0.15, 0.2) is 0 Å². The maximum absolute atomic E-state index is 12.2. The average Bonchev–Trinajstić information content (AvgIpc) is 3.17. The highest BCUT2D eigenvalue weighted by atomic mass is 79.9. The van der Waals surface area contributed by atoms with E-state index < -0.39 is 0 Å². The van der Waals surface area contributed by atoms with Crippen LogP contribution in [0.4, 0.5) is 5.69 Å². The van der Waals surface area contributed by atoms with Gasteiger partial charge in [-0.1, -0.05) is 39.8 Å². The summed E-state index contributed by atoms with van der Waals surface area (Å²) in [5.74, 6) is 1.54. The van der Waals surface area contributed by atoms with Gasteiger partial charge < -0.3 is 14.5 Å². The van der Waals surface area contributed by atoms with E-state index in [0.29, 0.717) is 17.5 Å². The summed E-state index contributed by atoms with van der Waals surface area (Å²) in [5, 5.41) is 11.4. The fourth-order valence-electron chi connectivity index (χ4n) is 2.71. The van der Waals surface area contributed by atoms with Crippen molar-refractivity contribution < 1.29 is 13.9 Å². The van der Waals surface area contributed by atoms with Gasteiger partial charge in [-0.05, 0) is 61.2 Å². The Morgan fingerprint density at radius 2 is 1.97 bits per heavy atom. The third-order valence-electron chi connectivity index (χ3n) is 4.25.